The van der Waals surface area contributed by atoms with Crippen LogP contribution < -0.4 is 0 Å². The van der Waals surface area contributed by atoms with E-state index in [2.05, 4.69) is 15.9 Å². The number of alkyl halides is 1. The minimum Gasteiger partial charge on any atom is -0.465 e. The van der Waals surface area contributed by atoms with Crippen LogP contribution in [0, 0.1) is 5.92 Å². The molecule has 0 aliphatic heterocycles. The molecule has 0 aromatic rings. The van der Waals surface area contributed by atoms with Gasteiger partial charge in [0.25, 0.3) is 0 Å². The molecule has 0 atom stereocenters. The van der Waals surface area contributed by atoms with Crippen LogP contribution in [0.1, 0.15) is 51.4 Å². The molecule has 0 aromatic carbocycles. The minimum absolute atomic E-state index is 0.0496. The molecular weight excluding hydrogens is 256 g/mol. The number of unbranched alkanes of at least 4 members (excludes halogenated alkanes) is 2. The molecule has 15 heavy (non-hydrogen) atoms. The van der Waals surface area contributed by atoms with Gasteiger partial charge in [-0.1, -0.05) is 35.2 Å². The fraction of sp³-hybridized carbons (Fsp3) is 0.917. The van der Waals surface area contributed by atoms with E-state index in [1.54, 1.807) is 0 Å². The van der Waals surface area contributed by atoms with E-state index in [0.29, 0.717) is 6.61 Å². The highest BCUT2D eigenvalue weighted by atomic mass is 79.9. The summed E-state index contributed by atoms with van der Waals surface area (Å²) >= 11 is 3.39. The van der Waals surface area contributed by atoms with E-state index < -0.39 is 0 Å². The molecule has 3 heteroatoms. The lowest BCUT2D eigenvalue weighted by atomic mass is 9.89. The second-order valence-corrected chi connectivity index (χ2v) is 5.05. The maximum Gasteiger partial charge on any atom is 0.308 e. The molecule has 0 bridgehead atoms. The van der Waals surface area contributed by atoms with Gasteiger partial charge >= 0.3 is 5.97 Å². The summed E-state index contributed by atoms with van der Waals surface area (Å²) in [5.74, 6) is 0.253. The molecule has 0 unspecified atom stereocenters. The Hall–Kier alpha value is -0.0500. The SMILES string of the molecule is O=C(OCCCCCBr)C1CCCCC1. The molecule has 1 aliphatic carbocycles. The van der Waals surface area contributed by atoms with E-state index >= 15 is 0 Å². The zero-order chi connectivity index (χ0) is 10.9. The van der Waals surface area contributed by atoms with E-state index in [-0.39, 0.29) is 11.9 Å². The second-order valence-electron chi connectivity index (χ2n) is 4.25. The zero-order valence-electron chi connectivity index (χ0n) is 9.34. The molecule has 0 heterocycles. The maximum atomic E-state index is 11.6. The first-order valence-electron chi connectivity index (χ1n) is 6.07. The van der Waals surface area contributed by atoms with Crippen LogP contribution in [-0.2, 0) is 9.53 Å². The van der Waals surface area contributed by atoms with Crippen LogP contribution >= 0.6 is 15.9 Å². The number of hydrogen-bond acceptors (Lipinski definition) is 2. The van der Waals surface area contributed by atoms with Crippen molar-refractivity contribution in [2.75, 3.05) is 11.9 Å². The van der Waals surface area contributed by atoms with Gasteiger partial charge in [-0.05, 0) is 32.1 Å². The van der Waals surface area contributed by atoms with Gasteiger partial charge in [-0.15, -0.1) is 0 Å². The number of ether oxygens (including phenoxy) is 1. The topological polar surface area (TPSA) is 26.3 Å². The maximum absolute atomic E-state index is 11.6. The first-order valence-corrected chi connectivity index (χ1v) is 7.19. The number of carbonyl (C=O) groups is 1. The number of carbonyl (C=O) groups excluding carboxylic acids is 1. The van der Waals surface area contributed by atoms with Crippen molar-refractivity contribution in [2.24, 2.45) is 5.92 Å². The van der Waals surface area contributed by atoms with E-state index in [9.17, 15) is 4.79 Å². The first kappa shape index (κ1) is 13.0. The van der Waals surface area contributed by atoms with Crippen LogP contribution in [0.4, 0.5) is 0 Å². The van der Waals surface area contributed by atoms with Gasteiger partial charge in [0.1, 0.15) is 0 Å². The third-order valence-electron chi connectivity index (χ3n) is 2.96. The Balaban J connectivity index is 2.02. The van der Waals surface area contributed by atoms with E-state index in [1.807, 2.05) is 0 Å². The molecule has 0 spiro atoms. The van der Waals surface area contributed by atoms with Crippen LogP contribution in [0.2, 0.25) is 0 Å². The van der Waals surface area contributed by atoms with Gasteiger partial charge < -0.3 is 4.74 Å². The van der Waals surface area contributed by atoms with Crippen molar-refractivity contribution < 1.29 is 9.53 Å². The zero-order valence-corrected chi connectivity index (χ0v) is 10.9. The van der Waals surface area contributed by atoms with Crippen molar-refractivity contribution >= 4 is 21.9 Å². The molecule has 0 N–H and O–H groups in total. The van der Waals surface area contributed by atoms with Gasteiger partial charge in [0, 0.05) is 5.33 Å². The fourth-order valence-electron chi connectivity index (χ4n) is 2.00. The lowest BCUT2D eigenvalue weighted by molar-refractivity contribution is -0.149. The summed E-state index contributed by atoms with van der Waals surface area (Å²) in [4.78, 5) is 11.6. The number of rotatable bonds is 6. The van der Waals surface area contributed by atoms with Crippen molar-refractivity contribution in [3.05, 3.63) is 0 Å². The van der Waals surface area contributed by atoms with E-state index in [0.717, 1.165) is 31.0 Å². The normalized spacial score (nSPS) is 17.7. The summed E-state index contributed by atoms with van der Waals surface area (Å²) in [6, 6.07) is 0. The molecule has 0 amide bonds. The van der Waals surface area contributed by atoms with Gasteiger partial charge in [0.2, 0.25) is 0 Å². The summed E-state index contributed by atoms with van der Waals surface area (Å²) in [6.45, 7) is 0.613. The van der Waals surface area contributed by atoms with Crippen LogP contribution in [-0.4, -0.2) is 17.9 Å². The minimum atomic E-state index is 0.0496. The highest BCUT2D eigenvalue weighted by Gasteiger charge is 2.21. The third kappa shape index (κ3) is 5.55. The van der Waals surface area contributed by atoms with Crippen molar-refractivity contribution in [3.8, 4) is 0 Å². The molecule has 0 saturated heterocycles. The monoisotopic (exact) mass is 276 g/mol. The Labute approximate surface area is 101 Å². The van der Waals surface area contributed by atoms with Crippen LogP contribution in [0.5, 0.6) is 0 Å². The lowest BCUT2D eigenvalue weighted by Gasteiger charge is -2.19. The molecule has 0 radical (unpaired) electrons. The van der Waals surface area contributed by atoms with Gasteiger partial charge in [-0.3, -0.25) is 4.79 Å². The molecule has 0 aromatic heterocycles. The largest absolute Gasteiger partial charge is 0.465 e. The van der Waals surface area contributed by atoms with Gasteiger partial charge in [0.15, 0.2) is 0 Å². The average Bonchev–Trinajstić information content (AvgIpc) is 2.30. The summed E-state index contributed by atoms with van der Waals surface area (Å²) in [7, 11) is 0. The van der Waals surface area contributed by atoms with Gasteiger partial charge in [-0.2, -0.15) is 0 Å². The smallest absolute Gasteiger partial charge is 0.308 e. The highest BCUT2D eigenvalue weighted by molar-refractivity contribution is 9.09. The van der Waals surface area contributed by atoms with Crippen LogP contribution in [0.15, 0.2) is 0 Å². The van der Waals surface area contributed by atoms with Crippen molar-refractivity contribution in [2.45, 2.75) is 51.4 Å². The fourth-order valence-corrected chi connectivity index (χ4v) is 2.40. The predicted octanol–water partition coefficient (Wildman–Crippen LogP) is 3.68. The van der Waals surface area contributed by atoms with Crippen molar-refractivity contribution in [3.63, 3.8) is 0 Å². The third-order valence-corrected chi connectivity index (χ3v) is 3.52. The van der Waals surface area contributed by atoms with Crippen LogP contribution in [0.25, 0.3) is 0 Å². The summed E-state index contributed by atoms with van der Waals surface area (Å²) in [6.07, 6.45) is 9.08. The number of halogens is 1. The van der Waals surface area contributed by atoms with Crippen LogP contribution in [0.3, 0.4) is 0 Å². The number of esters is 1. The lowest BCUT2D eigenvalue weighted by Crippen LogP contribution is -2.20. The summed E-state index contributed by atoms with van der Waals surface area (Å²) in [5.41, 5.74) is 0. The van der Waals surface area contributed by atoms with E-state index in [4.69, 9.17) is 4.74 Å². The van der Waals surface area contributed by atoms with Gasteiger partial charge in [0.05, 0.1) is 12.5 Å². The standard InChI is InChI=1S/C12H21BrO2/c13-9-5-2-6-10-15-12(14)11-7-3-1-4-8-11/h11H,1-10H2. The quantitative estimate of drug-likeness (QED) is 0.420. The van der Waals surface area contributed by atoms with E-state index in [1.165, 1.54) is 25.7 Å². The molecule has 1 rings (SSSR count). The van der Waals surface area contributed by atoms with Gasteiger partial charge in [-0.25, -0.2) is 0 Å². The second kappa shape index (κ2) is 8.14. The molecule has 88 valence electrons. The van der Waals surface area contributed by atoms with Crippen molar-refractivity contribution in [1.29, 1.82) is 0 Å². The Morgan fingerprint density at radius 2 is 1.87 bits per heavy atom. The van der Waals surface area contributed by atoms with Crippen molar-refractivity contribution in [1.82, 2.24) is 0 Å². The predicted molar refractivity (Wildman–Crippen MR) is 65.2 cm³/mol. The highest BCUT2D eigenvalue weighted by Crippen LogP contribution is 2.24. The molecule has 1 saturated carbocycles. The molecule has 1 aliphatic rings. The molecular formula is C12H21BrO2. The summed E-state index contributed by atoms with van der Waals surface area (Å²) in [5, 5.41) is 1.05. The Morgan fingerprint density at radius 1 is 1.13 bits per heavy atom. The molecule has 1 fully saturated rings. The average molecular weight is 277 g/mol. The Kier molecular flexibility index (Phi) is 7.07. The Bertz CT molecular complexity index is 176. The first-order chi connectivity index (χ1) is 7.34. The Morgan fingerprint density at radius 3 is 2.53 bits per heavy atom. The molecule has 2 nitrogen and oxygen atoms in total. The summed E-state index contributed by atoms with van der Waals surface area (Å²) < 4.78 is 5.27. The number of hydrogen-bond donors (Lipinski definition) is 0.